The molecule has 2 aliphatic rings. The second kappa shape index (κ2) is 12.2. The number of hydrogen-bond acceptors (Lipinski definition) is 5. The Bertz CT molecular complexity index is 654. The van der Waals surface area contributed by atoms with Crippen molar-refractivity contribution in [2.24, 2.45) is 5.73 Å². The smallest absolute Gasteiger partial charge is 0.319 e. The van der Waals surface area contributed by atoms with Crippen molar-refractivity contribution in [2.75, 3.05) is 37.3 Å². The van der Waals surface area contributed by atoms with Gasteiger partial charge in [0.1, 0.15) is 6.10 Å². The predicted molar refractivity (Wildman–Crippen MR) is 119 cm³/mol. The molecule has 0 aromatic heterocycles. The van der Waals surface area contributed by atoms with E-state index in [1.54, 1.807) is 24.3 Å². The third-order valence-electron chi connectivity index (χ3n) is 5.13. The molecule has 1 aromatic carbocycles. The van der Waals surface area contributed by atoms with Crippen molar-refractivity contribution < 1.29 is 14.3 Å². The van der Waals surface area contributed by atoms with E-state index in [-0.39, 0.29) is 48.9 Å². The molecule has 0 unspecified atom stereocenters. The molecule has 2 atom stereocenters. The topological polar surface area (TPSA) is 109 Å². The van der Waals surface area contributed by atoms with Crippen molar-refractivity contribution in [1.29, 1.82) is 0 Å². The van der Waals surface area contributed by atoms with Gasteiger partial charge < -0.3 is 31.3 Å². The van der Waals surface area contributed by atoms with Gasteiger partial charge in [0.05, 0.1) is 6.10 Å². The van der Waals surface area contributed by atoms with Gasteiger partial charge in [-0.2, -0.15) is 0 Å². The van der Waals surface area contributed by atoms with E-state index >= 15 is 0 Å². The van der Waals surface area contributed by atoms with Crippen LogP contribution in [0.5, 0.6) is 0 Å². The molecular weight excluding hydrogens is 417 g/mol. The maximum absolute atomic E-state index is 12.2. The molecule has 2 fully saturated rings. The molecule has 0 aliphatic carbocycles. The van der Waals surface area contributed by atoms with Gasteiger partial charge in [-0.25, -0.2) is 4.79 Å². The lowest BCUT2D eigenvalue weighted by Crippen LogP contribution is -2.44. The highest BCUT2D eigenvalue weighted by atomic mass is 35.5. The molecule has 10 heteroatoms. The zero-order valence-electron chi connectivity index (χ0n) is 16.6. The third kappa shape index (κ3) is 7.64. The number of halogens is 2. The zero-order valence-corrected chi connectivity index (χ0v) is 18.2. The van der Waals surface area contributed by atoms with Crippen molar-refractivity contribution in [2.45, 2.75) is 43.9 Å². The predicted octanol–water partition coefficient (Wildman–Crippen LogP) is 2.19. The van der Waals surface area contributed by atoms with Crippen LogP contribution in [0.2, 0.25) is 0 Å². The normalized spacial score (nSPS) is 22.1. The van der Waals surface area contributed by atoms with E-state index in [1.807, 2.05) is 0 Å². The number of rotatable bonds is 5. The molecule has 0 radical (unpaired) electrons. The van der Waals surface area contributed by atoms with Crippen LogP contribution in [0.25, 0.3) is 0 Å². The summed E-state index contributed by atoms with van der Waals surface area (Å²) in [5.74, 6) is -0.160. The summed E-state index contributed by atoms with van der Waals surface area (Å²) >= 11 is 0. The van der Waals surface area contributed by atoms with Gasteiger partial charge in [-0.15, -0.1) is 24.8 Å². The second-order valence-corrected chi connectivity index (χ2v) is 7.30. The zero-order chi connectivity index (χ0) is 19.2. The first-order valence-electron chi connectivity index (χ1n) is 9.56. The van der Waals surface area contributed by atoms with E-state index in [2.05, 4.69) is 27.9 Å². The average molecular weight is 448 g/mol. The monoisotopic (exact) mass is 447 g/mol. The highest BCUT2D eigenvalue weighted by Crippen LogP contribution is 2.21. The molecule has 2 saturated heterocycles. The van der Waals surface area contributed by atoms with Crippen molar-refractivity contribution in [1.82, 2.24) is 10.2 Å². The van der Waals surface area contributed by atoms with Gasteiger partial charge in [-0.05, 0) is 70.1 Å². The molecule has 0 saturated carbocycles. The van der Waals surface area contributed by atoms with Crippen LogP contribution in [0.1, 0.15) is 25.7 Å². The molecule has 8 nitrogen and oxygen atoms in total. The Morgan fingerprint density at radius 2 is 1.62 bits per heavy atom. The molecule has 164 valence electrons. The Kier molecular flexibility index (Phi) is 10.7. The Morgan fingerprint density at radius 3 is 2.17 bits per heavy atom. The van der Waals surface area contributed by atoms with Crippen LogP contribution in [0.3, 0.4) is 0 Å². The van der Waals surface area contributed by atoms with Crippen molar-refractivity contribution in [3.8, 4) is 0 Å². The number of amides is 3. The van der Waals surface area contributed by atoms with Crippen LogP contribution in [0.15, 0.2) is 24.3 Å². The summed E-state index contributed by atoms with van der Waals surface area (Å²) in [5.41, 5.74) is 6.92. The van der Waals surface area contributed by atoms with Gasteiger partial charge >= 0.3 is 6.03 Å². The minimum absolute atomic E-state index is 0. The maximum atomic E-state index is 12.2. The van der Waals surface area contributed by atoms with Crippen LogP contribution in [0.4, 0.5) is 16.2 Å². The fourth-order valence-corrected chi connectivity index (χ4v) is 3.44. The van der Waals surface area contributed by atoms with E-state index in [1.165, 1.54) is 0 Å². The van der Waals surface area contributed by atoms with Crippen LogP contribution in [-0.4, -0.2) is 61.8 Å². The van der Waals surface area contributed by atoms with Crippen LogP contribution < -0.4 is 21.7 Å². The van der Waals surface area contributed by atoms with Gasteiger partial charge in [-0.1, -0.05) is 0 Å². The second-order valence-electron chi connectivity index (χ2n) is 7.30. The molecule has 5 N–H and O–H groups in total. The number of anilines is 2. The molecule has 3 rings (SSSR count). The lowest BCUT2D eigenvalue weighted by molar-refractivity contribution is -0.126. The summed E-state index contributed by atoms with van der Waals surface area (Å²) in [6.45, 7) is 2.43. The number of nitrogens with one attached hydrogen (secondary N) is 3. The number of hydrogen-bond donors (Lipinski definition) is 4. The molecule has 29 heavy (non-hydrogen) atoms. The first-order valence-corrected chi connectivity index (χ1v) is 9.56. The SMILES string of the molecule is CN1CCC(NC(=O)Nc2ccc(NC(=O)[C@@H]3CC[C@H](CN)O3)cc2)CC1.Cl.Cl. The van der Waals surface area contributed by atoms with Crippen molar-refractivity contribution in [3.63, 3.8) is 0 Å². The van der Waals surface area contributed by atoms with Gasteiger partial charge in [0.2, 0.25) is 0 Å². The minimum Gasteiger partial charge on any atom is -0.364 e. The van der Waals surface area contributed by atoms with E-state index in [0.29, 0.717) is 24.3 Å². The molecule has 1 aromatic rings. The van der Waals surface area contributed by atoms with Gasteiger partial charge in [-0.3, -0.25) is 4.79 Å². The number of piperidine rings is 1. The van der Waals surface area contributed by atoms with E-state index in [9.17, 15) is 9.59 Å². The lowest BCUT2D eigenvalue weighted by Gasteiger charge is -2.29. The highest BCUT2D eigenvalue weighted by Gasteiger charge is 2.29. The molecule has 0 bridgehead atoms. The third-order valence-corrected chi connectivity index (χ3v) is 5.13. The Hall–Kier alpha value is -1.58. The fraction of sp³-hybridized carbons (Fsp3) is 0.579. The van der Waals surface area contributed by atoms with Gasteiger partial charge in [0.25, 0.3) is 5.91 Å². The van der Waals surface area contributed by atoms with E-state index in [4.69, 9.17) is 10.5 Å². The average Bonchev–Trinajstić information content (AvgIpc) is 3.15. The number of carbonyl (C=O) groups is 2. The van der Waals surface area contributed by atoms with Crippen LogP contribution >= 0.6 is 24.8 Å². The largest absolute Gasteiger partial charge is 0.364 e. The standard InChI is InChI=1S/C19H29N5O3.2ClH/c1-24-10-8-15(9-11-24)23-19(26)22-14-4-2-13(3-5-14)21-18(25)17-7-6-16(12-20)27-17;;/h2-5,15-17H,6-12,20H2,1H3,(H,21,25)(H2,22,23,26);2*1H/t16-,17+;;/m1../s1. The van der Waals surface area contributed by atoms with Crippen molar-refractivity contribution >= 4 is 48.1 Å². The Morgan fingerprint density at radius 1 is 1.03 bits per heavy atom. The highest BCUT2D eigenvalue weighted by molar-refractivity contribution is 5.95. The summed E-state index contributed by atoms with van der Waals surface area (Å²) in [5, 5.41) is 8.68. The molecule has 0 spiro atoms. The first kappa shape index (κ1) is 25.5. The molecule has 3 amide bonds. The summed E-state index contributed by atoms with van der Waals surface area (Å²) in [4.78, 5) is 26.6. The Balaban J connectivity index is 0.00000210. The number of nitrogens with zero attached hydrogens (tertiary/aromatic N) is 1. The number of likely N-dealkylation sites (tertiary alicyclic amines) is 1. The van der Waals surface area contributed by atoms with Crippen molar-refractivity contribution in [3.05, 3.63) is 24.3 Å². The Labute approximate surface area is 184 Å². The molecular formula is C19H31Cl2N5O3. The number of nitrogens with two attached hydrogens (primary N) is 1. The number of benzene rings is 1. The van der Waals surface area contributed by atoms with E-state index < -0.39 is 6.10 Å². The lowest BCUT2D eigenvalue weighted by atomic mass is 10.1. The van der Waals surface area contributed by atoms with Gasteiger partial charge in [0, 0.05) is 24.0 Å². The summed E-state index contributed by atoms with van der Waals surface area (Å²) in [7, 11) is 2.09. The summed E-state index contributed by atoms with van der Waals surface area (Å²) < 4.78 is 5.59. The minimum atomic E-state index is -0.448. The van der Waals surface area contributed by atoms with Gasteiger partial charge in [0.15, 0.2) is 0 Å². The summed E-state index contributed by atoms with van der Waals surface area (Å²) in [6.07, 6.45) is 2.94. The van der Waals surface area contributed by atoms with E-state index in [0.717, 1.165) is 32.4 Å². The summed E-state index contributed by atoms with van der Waals surface area (Å²) in [6, 6.07) is 7.07. The van der Waals surface area contributed by atoms with Crippen LogP contribution in [0, 0.1) is 0 Å². The molecule has 2 aliphatic heterocycles. The number of carbonyl (C=O) groups excluding carboxylic acids is 2. The quantitative estimate of drug-likeness (QED) is 0.552. The number of urea groups is 1. The maximum Gasteiger partial charge on any atom is 0.319 e. The molecule has 2 heterocycles. The number of ether oxygens (including phenoxy) is 1. The fourth-order valence-electron chi connectivity index (χ4n) is 3.44. The van der Waals surface area contributed by atoms with Crippen LogP contribution in [-0.2, 0) is 9.53 Å². The first-order chi connectivity index (χ1) is 13.0.